The lowest BCUT2D eigenvalue weighted by Gasteiger charge is -2.12. The van der Waals surface area contributed by atoms with E-state index in [-0.39, 0.29) is 6.61 Å². The van der Waals surface area contributed by atoms with Crippen LogP contribution in [0.1, 0.15) is 30.7 Å². The Morgan fingerprint density at radius 2 is 2.00 bits per heavy atom. The van der Waals surface area contributed by atoms with Crippen molar-refractivity contribution in [2.45, 2.75) is 26.1 Å². The molecule has 1 aromatic heterocycles. The van der Waals surface area contributed by atoms with E-state index >= 15 is 0 Å². The van der Waals surface area contributed by atoms with Crippen molar-refractivity contribution in [2.24, 2.45) is 0 Å². The standard InChI is InChI=1S/C16H19NO4/c1-3-14(19)13-6-5-12(9-17-13)21-15-7-4-11(10-18)8-16(15)20-2/h4-9,14,18-19H,3,10H2,1-2H3/t14-/m0/s1. The molecular weight excluding hydrogens is 270 g/mol. The summed E-state index contributed by atoms with van der Waals surface area (Å²) < 4.78 is 11.0. The topological polar surface area (TPSA) is 71.8 Å². The average molecular weight is 289 g/mol. The molecule has 0 aliphatic rings. The lowest BCUT2D eigenvalue weighted by Crippen LogP contribution is -1.98. The van der Waals surface area contributed by atoms with Crippen LogP contribution >= 0.6 is 0 Å². The van der Waals surface area contributed by atoms with Crippen LogP contribution in [0, 0.1) is 0 Å². The van der Waals surface area contributed by atoms with E-state index in [1.54, 1.807) is 43.6 Å². The van der Waals surface area contributed by atoms with Crippen LogP contribution in [-0.2, 0) is 6.61 Å². The summed E-state index contributed by atoms with van der Waals surface area (Å²) in [6, 6.07) is 8.70. The molecular formula is C16H19NO4. The molecule has 0 spiro atoms. The normalized spacial score (nSPS) is 12.0. The van der Waals surface area contributed by atoms with Crippen LogP contribution in [0.15, 0.2) is 36.5 Å². The number of benzene rings is 1. The Bertz CT molecular complexity index is 583. The van der Waals surface area contributed by atoms with Gasteiger partial charge in [-0.25, -0.2) is 0 Å². The summed E-state index contributed by atoms with van der Waals surface area (Å²) in [6.45, 7) is 1.84. The number of hydrogen-bond donors (Lipinski definition) is 2. The second-order valence-electron chi connectivity index (χ2n) is 4.59. The zero-order chi connectivity index (χ0) is 15.2. The van der Waals surface area contributed by atoms with Gasteiger partial charge in [-0.15, -0.1) is 0 Å². The highest BCUT2D eigenvalue weighted by atomic mass is 16.5. The van der Waals surface area contributed by atoms with Gasteiger partial charge in [-0.3, -0.25) is 4.98 Å². The molecule has 0 unspecified atom stereocenters. The highest BCUT2D eigenvalue weighted by Crippen LogP contribution is 2.32. The first-order chi connectivity index (χ1) is 10.2. The minimum Gasteiger partial charge on any atom is -0.493 e. The van der Waals surface area contributed by atoms with Crippen LogP contribution in [0.3, 0.4) is 0 Å². The SMILES string of the molecule is CC[C@H](O)c1ccc(Oc2ccc(CO)cc2OC)cn1. The molecule has 112 valence electrons. The molecule has 0 saturated carbocycles. The summed E-state index contributed by atoms with van der Waals surface area (Å²) in [5.74, 6) is 1.64. The van der Waals surface area contributed by atoms with Crippen LogP contribution in [0.4, 0.5) is 0 Å². The number of ether oxygens (including phenoxy) is 2. The molecule has 0 amide bonds. The maximum absolute atomic E-state index is 9.70. The molecule has 0 saturated heterocycles. The van der Waals surface area contributed by atoms with Gasteiger partial charge < -0.3 is 19.7 Å². The van der Waals surface area contributed by atoms with Gasteiger partial charge in [0.05, 0.1) is 31.7 Å². The van der Waals surface area contributed by atoms with E-state index in [1.165, 1.54) is 0 Å². The molecule has 0 bridgehead atoms. The van der Waals surface area contributed by atoms with Crippen molar-refractivity contribution in [1.82, 2.24) is 4.98 Å². The summed E-state index contributed by atoms with van der Waals surface area (Å²) in [7, 11) is 1.54. The first-order valence-electron chi connectivity index (χ1n) is 6.77. The van der Waals surface area contributed by atoms with Crippen molar-refractivity contribution >= 4 is 0 Å². The molecule has 0 fully saturated rings. The lowest BCUT2D eigenvalue weighted by molar-refractivity contribution is 0.169. The molecule has 0 aliphatic heterocycles. The number of aromatic nitrogens is 1. The zero-order valence-corrected chi connectivity index (χ0v) is 12.1. The Labute approximate surface area is 123 Å². The Kier molecular flexibility index (Phi) is 5.14. The van der Waals surface area contributed by atoms with E-state index in [0.29, 0.717) is 29.4 Å². The quantitative estimate of drug-likeness (QED) is 0.855. The fourth-order valence-electron chi connectivity index (χ4n) is 1.88. The highest BCUT2D eigenvalue weighted by molar-refractivity contribution is 5.45. The summed E-state index contributed by atoms with van der Waals surface area (Å²) in [6.07, 6.45) is 1.62. The van der Waals surface area contributed by atoms with Crippen LogP contribution in [0.5, 0.6) is 17.2 Å². The first kappa shape index (κ1) is 15.3. The molecule has 1 heterocycles. The second kappa shape index (κ2) is 7.06. The Hall–Kier alpha value is -2.11. The van der Waals surface area contributed by atoms with Gasteiger partial charge in [0.1, 0.15) is 5.75 Å². The van der Waals surface area contributed by atoms with Gasteiger partial charge in [0.2, 0.25) is 0 Å². The minimum absolute atomic E-state index is 0.0538. The highest BCUT2D eigenvalue weighted by Gasteiger charge is 2.09. The van der Waals surface area contributed by atoms with E-state index in [0.717, 1.165) is 5.56 Å². The number of rotatable bonds is 6. The Morgan fingerprint density at radius 3 is 2.57 bits per heavy atom. The van der Waals surface area contributed by atoms with Gasteiger partial charge in [-0.2, -0.15) is 0 Å². The number of pyridine rings is 1. The molecule has 5 heteroatoms. The lowest BCUT2D eigenvalue weighted by atomic mass is 10.2. The monoisotopic (exact) mass is 289 g/mol. The number of nitrogens with zero attached hydrogens (tertiary/aromatic N) is 1. The minimum atomic E-state index is -0.558. The molecule has 0 radical (unpaired) electrons. The smallest absolute Gasteiger partial charge is 0.169 e. The summed E-state index contributed by atoms with van der Waals surface area (Å²) in [5, 5.41) is 18.8. The van der Waals surface area contributed by atoms with Gasteiger partial charge >= 0.3 is 0 Å². The van der Waals surface area contributed by atoms with E-state index in [4.69, 9.17) is 14.6 Å². The first-order valence-corrected chi connectivity index (χ1v) is 6.77. The third-order valence-electron chi connectivity index (χ3n) is 3.13. The van der Waals surface area contributed by atoms with Crippen LogP contribution in [0.2, 0.25) is 0 Å². The number of hydrogen-bond acceptors (Lipinski definition) is 5. The average Bonchev–Trinajstić information content (AvgIpc) is 2.55. The maximum Gasteiger partial charge on any atom is 0.169 e. The van der Waals surface area contributed by atoms with Gasteiger partial charge in [0.15, 0.2) is 11.5 Å². The molecule has 21 heavy (non-hydrogen) atoms. The predicted octanol–water partition coefficient (Wildman–Crippen LogP) is 2.82. The molecule has 2 N–H and O–H groups in total. The third kappa shape index (κ3) is 3.71. The second-order valence-corrected chi connectivity index (χ2v) is 4.59. The van der Waals surface area contributed by atoms with Crippen LogP contribution in [-0.4, -0.2) is 22.3 Å². The Morgan fingerprint density at radius 1 is 1.19 bits per heavy atom. The summed E-state index contributed by atoms with van der Waals surface area (Å²) in [5.41, 5.74) is 1.37. The van der Waals surface area contributed by atoms with Crippen molar-refractivity contribution in [3.05, 3.63) is 47.8 Å². The van der Waals surface area contributed by atoms with E-state index in [9.17, 15) is 5.11 Å². The number of methoxy groups -OCH3 is 1. The molecule has 2 rings (SSSR count). The number of aliphatic hydroxyl groups is 2. The molecule has 1 atom stereocenters. The maximum atomic E-state index is 9.70. The van der Waals surface area contributed by atoms with Crippen molar-refractivity contribution in [1.29, 1.82) is 0 Å². The molecule has 5 nitrogen and oxygen atoms in total. The van der Waals surface area contributed by atoms with Gasteiger partial charge in [-0.1, -0.05) is 13.0 Å². The van der Waals surface area contributed by atoms with Gasteiger partial charge in [0.25, 0.3) is 0 Å². The van der Waals surface area contributed by atoms with Crippen molar-refractivity contribution in [3.8, 4) is 17.2 Å². The Balaban J connectivity index is 2.18. The fraction of sp³-hybridized carbons (Fsp3) is 0.312. The van der Waals surface area contributed by atoms with Gasteiger partial charge in [0, 0.05) is 0 Å². The van der Waals surface area contributed by atoms with Crippen LogP contribution < -0.4 is 9.47 Å². The van der Waals surface area contributed by atoms with Crippen molar-refractivity contribution in [3.63, 3.8) is 0 Å². The van der Waals surface area contributed by atoms with Crippen molar-refractivity contribution < 1.29 is 19.7 Å². The van der Waals surface area contributed by atoms with Crippen LogP contribution in [0.25, 0.3) is 0 Å². The van der Waals surface area contributed by atoms with E-state index < -0.39 is 6.10 Å². The zero-order valence-electron chi connectivity index (χ0n) is 12.1. The predicted molar refractivity (Wildman–Crippen MR) is 78.5 cm³/mol. The molecule has 2 aromatic rings. The van der Waals surface area contributed by atoms with Crippen molar-refractivity contribution in [2.75, 3.05) is 7.11 Å². The van der Waals surface area contributed by atoms with E-state index in [1.807, 2.05) is 6.92 Å². The molecule has 1 aromatic carbocycles. The largest absolute Gasteiger partial charge is 0.493 e. The van der Waals surface area contributed by atoms with E-state index in [2.05, 4.69) is 4.98 Å². The summed E-state index contributed by atoms with van der Waals surface area (Å²) >= 11 is 0. The van der Waals surface area contributed by atoms with Gasteiger partial charge in [-0.05, 0) is 36.2 Å². The molecule has 0 aliphatic carbocycles. The fourth-order valence-corrected chi connectivity index (χ4v) is 1.88. The third-order valence-corrected chi connectivity index (χ3v) is 3.13. The number of aliphatic hydroxyl groups excluding tert-OH is 2. The summed E-state index contributed by atoms with van der Waals surface area (Å²) in [4.78, 5) is 4.18.